The third-order valence-corrected chi connectivity index (χ3v) is 4.82. The fraction of sp³-hybridized carbons (Fsp3) is 0.316. The minimum atomic E-state index is 0.545. The average Bonchev–Trinajstić information content (AvgIpc) is 3.18. The summed E-state index contributed by atoms with van der Waals surface area (Å²) in [5.74, 6) is 4.02. The lowest BCUT2D eigenvalue weighted by atomic mass is 10.2. The summed E-state index contributed by atoms with van der Waals surface area (Å²) in [5, 5.41) is 8.84. The van der Waals surface area contributed by atoms with Crippen LogP contribution >= 0.6 is 0 Å². The Kier molecular flexibility index (Phi) is 3.63. The van der Waals surface area contributed by atoms with Crippen molar-refractivity contribution in [2.75, 3.05) is 18.0 Å². The van der Waals surface area contributed by atoms with Crippen LogP contribution < -0.4 is 4.90 Å². The maximum absolute atomic E-state index is 5.62. The molecule has 136 valence electrons. The van der Waals surface area contributed by atoms with Gasteiger partial charge in [0, 0.05) is 38.5 Å². The van der Waals surface area contributed by atoms with Gasteiger partial charge >= 0.3 is 0 Å². The van der Waals surface area contributed by atoms with Gasteiger partial charge in [0.15, 0.2) is 23.0 Å². The maximum Gasteiger partial charge on any atom is 0.252 e. The SMILES string of the molecule is Cc1nc(N2CCc3nnc(-c4ccccc4)n3CC2)c2nc(C)oc2n1. The Morgan fingerprint density at radius 1 is 0.926 bits per heavy atom. The molecule has 0 saturated carbocycles. The molecule has 5 rings (SSSR count). The van der Waals surface area contributed by atoms with Crippen molar-refractivity contribution in [1.82, 2.24) is 29.7 Å². The molecule has 4 heterocycles. The Morgan fingerprint density at radius 2 is 1.78 bits per heavy atom. The van der Waals surface area contributed by atoms with E-state index in [2.05, 4.69) is 46.7 Å². The largest absolute Gasteiger partial charge is 0.422 e. The van der Waals surface area contributed by atoms with E-state index in [4.69, 9.17) is 4.42 Å². The van der Waals surface area contributed by atoms with Crippen LogP contribution in [0.2, 0.25) is 0 Å². The van der Waals surface area contributed by atoms with Crippen LogP contribution in [-0.4, -0.2) is 42.8 Å². The van der Waals surface area contributed by atoms with Crippen molar-refractivity contribution < 1.29 is 4.42 Å². The van der Waals surface area contributed by atoms with Crippen LogP contribution in [0.15, 0.2) is 34.7 Å². The zero-order valence-electron chi connectivity index (χ0n) is 15.3. The van der Waals surface area contributed by atoms with E-state index in [1.807, 2.05) is 32.0 Å². The van der Waals surface area contributed by atoms with Crippen LogP contribution in [0.5, 0.6) is 0 Å². The summed E-state index contributed by atoms with van der Waals surface area (Å²) < 4.78 is 7.82. The second kappa shape index (κ2) is 6.15. The molecule has 0 fully saturated rings. The van der Waals surface area contributed by atoms with Crippen LogP contribution in [0.3, 0.4) is 0 Å². The molecule has 0 spiro atoms. The van der Waals surface area contributed by atoms with E-state index in [0.29, 0.717) is 17.4 Å². The number of hydrogen-bond acceptors (Lipinski definition) is 7. The quantitative estimate of drug-likeness (QED) is 0.542. The molecule has 4 aromatic rings. The van der Waals surface area contributed by atoms with Gasteiger partial charge in [-0.25, -0.2) is 9.97 Å². The second-order valence-corrected chi connectivity index (χ2v) is 6.68. The fourth-order valence-corrected chi connectivity index (χ4v) is 3.57. The van der Waals surface area contributed by atoms with Crippen molar-refractivity contribution in [3.8, 4) is 11.4 Å². The van der Waals surface area contributed by atoms with Gasteiger partial charge in [0.05, 0.1) is 0 Å². The van der Waals surface area contributed by atoms with Gasteiger partial charge in [-0.3, -0.25) is 0 Å². The minimum Gasteiger partial charge on any atom is -0.422 e. The van der Waals surface area contributed by atoms with Crippen molar-refractivity contribution >= 4 is 17.0 Å². The van der Waals surface area contributed by atoms with Gasteiger partial charge in [-0.15, -0.1) is 10.2 Å². The normalized spacial score (nSPS) is 14.4. The van der Waals surface area contributed by atoms with E-state index in [1.54, 1.807) is 0 Å². The molecule has 0 radical (unpaired) electrons. The minimum absolute atomic E-state index is 0.545. The molecule has 1 aliphatic heterocycles. The molecular formula is C19H19N7O. The van der Waals surface area contributed by atoms with Crippen LogP contribution in [0.25, 0.3) is 22.6 Å². The summed E-state index contributed by atoms with van der Waals surface area (Å²) in [7, 11) is 0. The number of benzene rings is 1. The lowest BCUT2D eigenvalue weighted by Gasteiger charge is -2.21. The average molecular weight is 361 g/mol. The summed E-state index contributed by atoms with van der Waals surface area (Å²) in [6.45, 7) is 6.08. The zero-order valence-corrected chi connectivity index (χ0v) is 15.3. The Hall–Kier alpha value is -3.29. The lowest BCUT2D eigenvalue weighted by molar-refractivity contribution is 0.550. The Labute approximate surface area is 155 Å². The first-order chi connectivity index (χ1) is 13.2. The third kappa shape index (κ3) is 2.73. The highest BCUT2D eigenvalue weighted by molar-refractivity contribution is 5.82. The van der Waals surface area contributed by atoms with Gasteiger partial charge in [-0.1, -0.05) is 30.3 Å². The lowest BCUT2D eigenvalue weighted by Crippen LogP contribution is -2.28. The highest BCUT2D eigenvalue weighted by Gasteiger charge is 2.23. The number of hydrogen-bond donors (Lipinski definition) is 0. The van der Waals surface area contributed by atoms with E-state index >= 15 is 0 Å². The molecule has 3 aromatic heterocycles. The van der Waals surface area contributed by atoms with Gasteiger partial charge in [0.1, 0.15) is 11.6 Å². The monoisotopic (exact) mass is 361 g/mol. The highest BCUT2D eigenvalue weighted by atomic mass is 16.4. The molecule has 27 heavy (non-hydrogen) atoms. The summed E-state index contributed by atoms with van der Waals surface area (Å²) in [6.07, 6.45) is 0.793. The Morgan fingerprint density at radius 3 is 2.63 bits per heavy atom. The number of oxazole rings is 1. The number of anilines is 1. The summed E-state index contributed by atoms with van der Waals surface area (Å²) >= 11 is 0. The standard InChI is InChI=1S/C19H19N7O/c1-12-20-18(16-19(21-12)27-13(2)22-16)25-9-8-15-23-24-17(26(15)11-10-25)14-6-4-3-5-7-14/h3-7H,8-11H2,1-2H3. The molecule has 8 heteroatoms. The summed E-state index contributed by atoms with van der Waals surface area (Å²) in [5.41, 5.74) is 2.35. The van der Waals surface area contributed by atoms with E-state index < -0.39 is 0 Å². The topological polar surface area (TPSA) is 85.8 Å². The molecule has 1 aromatic carbocycles. The summed E-state index contributed by atoms with van der Waals surface area (Å²) in [4.78, 5) is 15.8. The molecule has 1 aliphatic rings. The zero-order chi connectivity index (χ0) is 18.4. The van der Waals surface area contributed by atoms with Crippen molar-refractivity contribution in [3.63, 3.8) is 0 Å². The van der Waals surface area contributed by atoms with Crippen LogP contribution in [0.1, 0.15) is 17.5 Å². The van der Waals surface area contributed by atoms with Crippen molar-refractivity contribution in [2.24, 2.45) is 0 Å². The van der Waals surface area contributed by atoms with Crippen molar-refractivity contribution in [1.29, 1.82) is 0 Å². The van der Waals surface area contributed by atoms with Crippen LogP contribution in [0, 0.1) is 13.8 Å². The molecular weight excluding hydrogens is 342 g/mol. The predicted molar refractivity (Wildman–Crippen MR) is 100 cm³/mol. The smallest absolute Gasteiger partial charge is 0.252 e. The highest BCUT2D eigenvalue weighted by Crippen LogP contribution is 2.26. The first kappa shape index (κ1) is 15.9. The number of rotatable bonds is 2. The first-order valence-corrected chi connectivity index (χ1v) is 9.03. The molecule has 0 unspecified atom stereocenters. The van der Waals surface area contributed by atoms with Crippen molar-refractivity contribution in [3.05, 3.63) is 47.9 Å². The van der Waals surface area contributed by atoms with Gasteiger partial charge in [0.25, 0.3) is 5.71 Å². The third-order valence-electron chi connectivity index (χ3n) is 4.82. The van der Waals surface area contributed by atoms with Crippen LogP contribution in [-0.2, 0) is 13.0 Å². The number of nitrogens with zero attached hydrogens (tertiary/aromatic N) is 7. The van der Waals surface area contributed by atoms with Gasteiger partial charge in [-0.05, 0) is 6.92 Å². The second-order valence-electron chi connectivity index (χ2n) is 6.68. The maximum atomic E-state index is 5.62. The van der Waals surface area contributed by atoms with Gasteiger partial charge in [0.2, 0.25) is 0 Å². The Balaban J connectivity index is 1.50. The Bertz CT molecular complexity index is 1120. The van der Waals surface area contributed by atoms with Gasteiger partial charge in [-0.2, -0.15) is 4.98 Å². The molecule has 8 nitrogen and oxygen atoms in total. The van der Waals surface area contributed by atoms with Crippen molar-refractivity contribution in [2.45, 2.75) is 26.8 Å². The van der Waals surface area contributed by atoms with Gasteiger partial charge < -0.3 is 13.9 Å². The molecule has 0 atom stereocenters. The fourth-order valence-electron chi connectivity index (χ4n) is 3.57. The van der Waals surface area contributed by atoms with E-state index in [0.717, 1.165) is 54.6 Å². The molecule has 0 saturated heterocycles. The molecule has 0 amide bonds. The van der Waals surface area contributed by atoms with E-state index in [9.17, 15) is 0 Å². The van der Waals surface area contributed by atoms with Crippen LogP contribution in [0.4, 0.5) is 5.82 Å². The number of fused-ring (bicyclic) bond motifs is 2. The van der Waals surface area contributed by atoms with E-state index in [-0.39, 0.29) is 0 Å². The summed E-state index contributed by atoms with van der Waals surface area (Å²) in [6, 6.07) is 10.2. The predicted octanol–water partition coefficient (Wildman–Crippen LogP) is 2.56. The number of aryl methyl sites for hydroxylation is 2. The van der Waals surface area contributed by atoms with E-state index in [1.165, 1.54) is 0 Å². The molecule has 0 N–H and O–H groups in total. The molecule has 0 bridgehead atoms. The number of aromatic nitrogens is 6. The molecule has 0 aliphatic carbocycles. The first-order valence-electron chi connectivity index (χ1n) is 9.03.